The second-order valence-corrected chi connectivity index (χ2v) is 6.81. The zero-order valence-electron chi connectivity index (χ0n) is 11.9. The zero-order chi connectivity index (χ0) is 15.1. The lowest BCUT2D eigenvalue weighted by atomic mass is 9.74. The number of hydrogen-bond donors (Lipinski definition) is 0. The van der Waals surface area contributed by atoms with E-state index in [4.69, 9.17) is 4.74 Å². The van der Waals surface area contributed by atoms with Crippen LogP contribution in [0.15, 0.2) is 47.5 Å². The van der Waals surface area contributed by atoms with Gasteiger partial charge in [0.25, 0.3) is 5.78 Å². The molecule has 110 valence electrons. The Hall–Kier alpha value is -2.23. The van der Waals surface area contributed by atoms with Crippen LogP contribution in [0.25, 0.3) is 0 Å². The summed E-state index contributed by atoms with van der Waals surface area (Å²) < 4.78 is 5.90. The van der Waals surface area contributed by atoms with Crippen LogP contribution in [0.4, 0.5) is 0 Å². The van der Waals surface area contributed by atoms with Crippen LogP contribution in [0.2, 0.25) is 0 Å². The Morgan fingerprint density at radius 2 is 1.77 bits per heavy atom. The lowest BCUT2D eigenvalue weighted by molar-refractivity contribution is -0.134. The quantitative estimate of drug-likeness (QED) is 0.548. The van der Waals surface area contributed by atoms with Crippen LogP contribution in [0, 0.1) is 23.2 Å². The van der Waals surface area contributed by atoms with Crippen LogP contribution < -0.4 is 0 Å². The van der Waals surface area contributed by atoms with Crippen molar-refractivity contribution in [3.05, 3.63) is 47.5 Å². The summed E-state index contributed by atoms with van der Waals surface area (Å²) in [6, 6.07) is 0. The third-order valence-corrected chi connectivity index (χ3v) is 5.86. The molecule has 0 saturated heterocycles. The molecule has 0 aromatic carbocycles. The number of Topliss-reactive ketones (excluding diaryl/α,β-unsaturated/α-hetero) is 1. The zero-order valence-corrected chi connectivity index (χ0v) is 11.9. The third kappa shape index (κ3) is 1.35. The molecule has 0 bridgehead atoms. The van der Waals surface area contributed by atoms with Gasteiger partial charge in [-0.1, -0.05) is 6.42 Å². The van der Waals surface area contributed by atoms with E-state index in [1.54, 1.807) is 12.2 Å². The minimum absolute atomic E-state index is 0.0308. The van der Waals surface area contributed by atoms with Crippen molar-refractivity contribution >= 4 is 17.3 Å². The molecular formula is C18H14O4. The Labute approximate surface area is 127 Å². The van der Waals surface area contributed by atoms with Crippen molar-refractivity contribution in [1.29, 1.82) is 0 Å². The van der Waals surface area contributed by atoms with Gasteiger partial charge in [0.05, 0.1) is 0 Å². The van der Waals surface area contributed by atoms with E-state index in [-0.39, 0.29) is 17.0 Å². The van der Waals surface area contributed by atoms with E-state index in [2.05, 4.69) is 0 Å². The molecule has 0 radical (unpaired) electrons. The molecule has 1 heterocycles. The van der Waals surface area contributed by atoms with Gasteiger partial charge in [-0.05, 0) is 54.9 Å². The molecule has 4 nitrogen and oxygen atoms in total. The summed E-state index contributed by atoms with van der Waals surface area (Å²) in [6.45, 7) is 0. The molecule has 0 aromatic rings. The second-order valence-electron chi connectivity index (χ2n) is 6.81. The minimum atomic E-state index is -0.625. The van der Waals surface area contributed by atoms with Gasteiger partial charge in [0.2, 0.25) is 5.78 Å². The predicted octanol–water partition coefficient (Wildman–Crippen LogP) is 2.03. The summed E-state index contributed by atoms with van der Waals surface area (Å²) >= 11 is 0. The summed E-state index contributed by atoms with van der Waals surface area (Å²) in [5.74, 6) is 1.64. The van der Waals surface area contributed by atoms with E-state index in [0.29, 0.717) is 23.2 Å². The second kappa shape index (κ2) is 3.75. The molecule has 2 unspecified atom stereocenters. The molecule has 3 saturated carbocycles. The summed E-state index contributed by atoms with van der Waals surface area (Å²) in [5.41, 5.74) is 0.532. The molecular weight excluding hydrogens is 280 g/mol. The van der Waals surface area contributed by atoms with Gasteiger partial charge in [-0.3, -0.25) is 14.4 Å². The van der Waals surface area contributed by atoms with E-state index in [0.717, 1.165) is 12.3 Å². The molecule has 4 aliphatic carbocycles. The Kier molecular flexibility index (Phi) is 2.10. The van der Waals surface area contributed by atoms with Gasteiger partial charge < -0.3 is 4.74 Å². The number of ether oxygens (including phenoxy) is 1. The summed E-state index contributed by atoms with van der Waals surface area (Å²) in [5, 5.41) is 0. The standard InChI is InChI=1S/C18H14O4/c19-10-5-3-9(4-6-10)17-16(21)12(20)8-13(22-17)18-7-1-2-11-14(18)15(11)18/h3-6,8,11,14-15H,1-2,7H2. The first-order chi connectivity index (χ1) is 10.6. The highest BCUT2D eigenvalue weighted by molar-refractivity contribution is 6.47. The molecule has 5 aliphatic rings. The maximum atomic E-state index is 12.1. The molecule has 1 aliphatic heterocycles. The summed E-state index contributed by atoms with van der Waals surface area (Å²) in [7, 11) is 0. The van der Waals surface area contributed by atoms with Gasteiger partial charge in [0, 0.05) is 17.1 Å². The average Bonchev–Trinajstić information content (AvgIpc) is 3.42. The van der Waals surface area contributed by atoms with Crippen molar-refractivity contribution in [2.45, 2.75) is 19.3 Å². The van der Waals surface area contributed by atoms with Crippen LogP contribution in [-0.4, -0.2) is 17.3 Å². The van der Waals surface area contributed by atoms with E-state index >= 15 is 0 Å². The first kappa shape index (κ1) is 12.3. The van der Waals surface area contributed by atoms with Crippen molar-refractivity contribution in [3.63, 3.8) is 0 Å². The molecule has 0 amide bonds. The van der Waals surface area contributed by atoms with Gasteiger partial charge in [-0.2, -0.15) is 0 Å². The van der Waals surface area contributed by atoms with Gasteiger partial charge >= 0.3 is 0 Å². The average molecular weight is 294 g/mol. The number of hydrogen-bond acceptors (Lipinski definition) is 4. The number of carbonyl (C=O) groups excluding carboxylic acids is 3. The first-order valence-corrected chi connectivity index (χ1v) is 7.76. The fourth-order valence-electron chi connectivity index (χ4n) is 4.80. The number of fused-ring (bicyclic) bond motifs is 2. The molecule has 0 N–H and O–H groups in total. The number of ketones is 3. The van der Waals surface area contributed by atoms with Crippen LogP contribution >= 0.6 is 0 Å². The van der Waals surface area contributed by atoms with Crippen LogP contribution in [0.1, 0.15) is 19.3 Å². The fraction of sp³-hybridized carbons (Fsp3) is 0.389. The van der Waals surface area contributed by atoms with E-state index in [9.17, 15) is 14.4 Å². The van der Waals surface area contributed by atoms with Crippen molar-refractivity contribution in [2.75, 3.05) is 0 Å². The Morgan fingerprint density at radius 3 is 2.45 bits per heavy atom. The maximum Gasteiger partial charge on any atom is 0.268 e. The molecule has 4 heteroatoms. The van der Waals surface area contributed by atoms with Gasteiger partial charge in [-0.25, -0.2) is 0 Å². The summed E-state index contributed by atoms with van der Waals surface area (Å²) in [4.78, 5) is 35.4. The van der Waals surface area contributed by atoms with Crippen molar-refractivity contribution in [3.8, 4) is 0 Å². The highest BCUT2D eigenvalue weighted by Gasteiger charge is 2.86. The molecule has 0 spiro atoms. The lowest BCUT2D eigenvalue weighted by Gasteiger charge is -2.35. The first-order valence-electron chi connectivity index (χ1n) is 7.76. The maximum absolute atomic E-state index is 12.1. The van der Waals surface area contributed by atoms with Gasteiger partial charge in [0.15, 0.2) is 11.5 Å². The van der Waals surface area contributed by atoms with Gasteiger partial charge in [0.1, 0.15) is 5.76 Å². The van der Waals surface area contributed by atoms with Gasteiger partial charge in [-0.15, -0.1) is 0 Å². The highest BCUT2D eigenvalue weighted by atomic mass is 16.5. The number of rotatable bonds is 1. The smallest absolute Gasteiger partial charge is 0.268 e. The van der Waals surface area contributed by atoms with Crippen LogP contribution in [0.5, 0.6) is 0 Å². The molecule has 5 rings (SSSR count). The Bertz CT molecular complexity index is 749. The molecule has 22 heavy (non-hydrogen) atoms. The SMILES string of the molecule is O=C1C=CC(=C2OC(C34CCCC5C3C54)=CC(=O)C2=O)C=C1. The Balaban J connectivity index is 1.53. The van der Waals surface area contributed by atoms with Crippen molar-refractivity contribution in [2.24, 2.45) is 23.2 Å². The van der Waals surface area contributed by atoms with Crippen LogP contribution in [-0.2, 0) is 19.1 Å². The number of carbonyl (C=O) groups is 3. The Morgan fingerprint density at radius 1 is 1.05 bits per heavy atom. The third-order valence-electron chi connectivity index (χ3n) is 5.86. The minimum Gasteiger partial charge on any atom is -0.456 e. The molecule has 0 aromatic heterocycles. The topological polar surface area (TPSA) is 60.4 Å². The normalized spacial score (nSPS) is 41.2. The monoisotopic (exact) mass is 294 g/mol. The van der Waals surface area contributed by atoms with Crippen molar-refractivity contribution in [1.82, 2.24) is 0 Å². The van der Waals surface area contributed by atoms with E-state index in [1.165, 1.54) is 31.1 Å². The van der Waals surface area contributed by atoms with Crippen molar-refractivity contribution < 1.29 is 19.1 Å². The van der Waals surface area contributed by atoms with E-state index < -0.39 is 11.6 Å². The predicted molar refractivity (Wildman–Crippen MR) is 76.2 cm³/mol. The molecule has 2 atom stereocenters. The largest absolute Gasteiger partial charge is 0.456 e. The molecule has 3 fully saturated rings. The van der Waals surface area contributed by atoms with E-state index in [1.807, 2.05) is 0 Å². The number of allylic oxidation sites excluding steroid dienone is 8. The summed E-state index contributed by atoms with van der Waals surface area (Å²) in [6.07, 6.45) is 10.8. The van der Waals surface area contributed by atoms with Crippen LogP contribution in [0.3, 0.4) is 0 Å². The fourth-order valence-corrected chi connectivity index (χ4v) is 4.80. The lowest BCUT2D eigenvalue weighted by Crippen LogP contribution is -2.32. The highest BCUT2D eigenvalue weighted by Crippen LogP contribution is 2.89.